The first kappa shape index (κ1) is 20.9. The van der Waals surface area contributed by atoms with Gasteiger partial charge >= 0.3 is 0 Å². The lowest BCUT2D eigenvalue weighted by Crippen LogP contribution is -2.49. The van der Waals surface area contributed by atoms with Crippen molar-refractivity contribution in [3.63, 3.8) is 0 Å². The lowest BCUT2D eigenvalue weighted by atomic mass is 9.95. The zero-order chi connectivity index (χ0) is 21.3. The topological polar surface area (TPSA) is 87.3 Å². The molecule has 0 spiro atoms. The molecule has 0 bridgehead atoms. The normalized spacial score (nSPS) is 20.0. The summed E-state index contributed by atoms with van der Waals surface area (Å²) in [4.78, 5) is 41.0. The molecule has 1 aromatic heterocycles. The molecule has 2 aliphatic rings. The van der Waals surface area contributed by atoms with Crippen LogP contribution in [-0.2, 0) is 22.4 Å². The van der Waals surface area contributed by atoms with E-state index in [-0.39, 0.29) is 11.8 Å². The van der Waals surface area contributed by atoms with Crippen LogP contribution in [0.1, 0.15) is 53.9 Å². The van der Waals surface area contributed by atoms with Crippen LogP contribution in [0.25, 0.3) is 0 Å². The summed E-state index contributed by atoms with van der Waals surface area (Å²) < 4.78 is -1.32. The SMILES string of the molecule is CCCNC(=O)c1c(NC(=O)C2(C)Sc3ccccc3NC2=O)sc2c1CCCC2. The second-order valence-electron chi connectivity index (χ2n) is 7.71. The first-order chi connectivity index (χ1) is 14.4. The van der Waals surface area contributed by atoms with Crippen LogP contribution in [0.15, 0.2) is 29.2 Å². The number of rotatable bonds is 5. The third kappa shape index (κ3) is 3.74. The Balaban J connectivity index is 1.64. The Hall–Kier alpha value is -2.32. The molecule has 0 saturated carbocycles. The van der Waals surface area contributed by atoms with Crippen LogP contribution in [0.2, 0.25) is 0 Å². The molecular weight excluding hydrogens is 418 g/mol. The second kappa shape index (κ2) is 8.43. The summed E-state index contributed by atoms with van der Waals surface area (Å²) in [5, 5.41) is 9.26. The minimum Gasteiger partial charge on any atom is -0.352 e. The van der Waals surface area contributed by atoms with E-state index in [0.29, 0.717) is 22.8 Å². The van der Waals surface area contributed by atoms with Gasteiger partial charge < -0.3 is 16.0 Å². The van der Waals surface area contributed by atoms with Crippen molar-refractivity contribution < 1.29 is 14.4 Å². The minimum absolute atomic E-state index is 0.150. The fourth-order valence-electron chi connectivity index (χ4n) is 3.76. The number of benzene rings is 1. The van der Waals surface area contributed by atoms with Crippen LogP contribution < -0.4 is 16.0 Å². The number of thiophene rings is 1. The van der Waals surface area contributed by atoms with Gasteiger partial charge in [-0.1, -0.05) is 30.8 Å². The van der Waals surface area contributed by atoms with Gasteiger partial charge in [0.25, 0.3) is 11.8 Å². The number of carbonyl (C=O) groups is 3. The quantitative estimate of drug-likeness (QED) is 0.604. The fourth-order valence-corrected chi connectivity index (χ4v) is 6.14. The Bertz CT molecular complexity index is 1020. The molecule has 8 heteroatoms. The minimum atomic E-state index is -1.32. The summed E-state index contributed by atoms with van der Waals surface area (Å²) in [7, 11) is 0. The van der Waals surface area contributed by atoms with E-state index in [9.17, 15) is 14.4 Å². The molecule has 2 heterocycles. The summed E-state index contributed by atoms with van der Waals surface area (Å²) >= 11 is 2.71. The lowest BCUT2D eigenvalue weighted by molar-refractivity contribution is -0.126. The van der Waals surface area contributed by atoms with Crippen molar-refractivity contribution in [3.05, 3.63) is 40.3 Å². The Labute approximate surface area is 184 Å². The van der Waals surface area contributed by atoms with Crippen molar-refractivity contribution in [3.8, 4) is 0 Å². The lowest BCUT2D eigenvalue weighted by Gasteiger charge is -2.31. The number of anilines is 2. The molecule has 3 amide bonds. The third-order valence-electron chi connectivity index (χ3n) is 5.48. The molecule has 158 valence electrons. The Morgan fingerprint density at radius 1 is 1.20 bits per heavy atom. The summed E-state index contributed by atoms with van der Waals surface area (Å²) in [6.45, 7) is 4.22. The van der Waals surface area contributed by atoms with Gasteiger partial charge in [-0.25, -0.2) is 0 Å². The van der Waals surface area contributed by atoms with Gasteiger partial charge in [-0.15, -0.1) is 11.3 Å². The van der Waals surface area contributed by atoms with Crippen molar-refractivity contribution in [2.45, 2.75) is 55.6 Å². The number of hydrogen-bond acceptors (Lipinski definition) is 5. The second-order valence-corrected chi connectivity index (χ2v) is 10.3. The number of fused-ring (bicyclic) bond motifs is 2. The first-order valence-corrected chi connectivity index (χ1v) is 11.9. The van der Waals surface area contributed by atoms with Crippen molar-refractivity contribution in [1.29, 1.82) is 0 Å². The van der Waals surface area contributed by atoms with E-state index in [0.717, 1.165) is 47.4 Å². The molecule has 1 atom stereocenters. The standard InChI is InChI=1S/C22H25N3O3S2/c1-3-12-23-18(26)17-13-8-4-6-10-15(13)29-19(17)25-21(28)22(2)20(27)24-14-9-5-7-11-16(14)30-22/h5,7,9,11H,3-4,6,8,10,12H2,1-2H3,(H,23,26)(H,24,27)(H,25,28). The molecule has 2 aromatic rings. The van der Waals surface area contributed by atoms with Crippen LogP contribution >= 0.6 is 23.1 Å². The van der Waals surface area contributed by atoms with Crippen molar-refractivity contribution in [2.75, 3.05) is 17.2 Å². The highest BCUT2D eigenvalue weighted by atomic mass is 32.2. The van der Waals surface area contributed by atoms with Crippen LogP contribution in [0, 0.1) is 0 Å². The molecule has 1 aliphatic carbocycles. The smallest absolute Gasteiger partial charge is 0.254 e. The number of amides is 3. The maximum Gasteiger partial charge on any atom is 0.254 e. The monoisotopic (exact) mass is 443 g/mol. The van der Waals surface area contributed by atoms with E-state index in [4.69, 9.17) is 0 Å². The summed E-state index contributed by atoms with van der Waals surface area (Å²) in [5.74, 6) is -0.924. The predicted octanol–water partition coefficient (Wildman–Crippen LogP) is 4.21. The van der Waals surface area contributed by atoms with Crippen molar-refractivity contribution in [1.82, 2.24) is 5.32 Å². The Morgan fingerprint density at radius 3 is 2.77 bits per heavy atom. The Morgan fingerprint density at radius 2 is 1.97 bits per heavy atom. The van der Waals surface area contributed by atoms with Crippen molar-refractivity contribution >= 4 is 51.5 Å². The summed E-state index contributed by atoms with van der Waals surface area (Å²) in [6, 6.07) is 7.44. The number of nitrogens with one attached hydrogen (secondary N) is 3. The molecule has 1 unspecified atom stereocenters. The van der Waals surface area contributed by atoms with Crippen LogP contribution in [-0.4, -0.2) is 29.0 Å². The molecule has 4 rings (SSSR count). The van der Waals surface area contributed by atoms with Gasteiger partial charge in [0.1, 0.15) is 5.00 Å². The van der Waals surface area contributed by atoms with Gasteiger partial charge in [0.2, 0.25) is 5.91 Å². The van der Waals surface area contributed by atoms with Crippen LogP contribution in [0.4, 0.5) is 10.7 Å². The van der Waals surface area contributed by atoms with Gasteiger partial charge in [-0.3, -0.25) is 14.4 Å². The average Bonchev–Trinajstić information content (AvgIpc) is 3.10. The van der Waals surface area contributed by atoms with Gasteiger partial charge in [-0.05, 0) is 56.7 Å². The van der Waals surface area contributed by atoms with Crippen LogP contribution in [0.5, 0.6) is 0 Å². The first-order valence-electron chi connectivity index (χ1n) is 10.3. The van der Waals surface area contributed by atoms with E-state index in [1.165, 1.54) is 23.1 Å². The highest BCUT2D eigenvalue weighted by Crippen LogP contribution is 2.44. The van der Waals surface area contributed by atoms with Gasteiger partial charge in [0.05, 0.1) is 11.3 Å². The fraction of sp³-hybridized carbons (Fsp3) is 0.409. The maximum absolute atomic E-state index is 13.3. The van der Waals surface area contributed by atoms with E-state index in [1.54, 1.807) is 6.92 Å². The number of thioether (sulfide) groups is 1. The molecule has 0 radical (unpaired) electrons. The molecular formula is C22H25N3O3S2. The summed E-state index contributed by atoms with van der Waals surface area (Å²) in [6.07, 6.45) is 4.73. The molecule has 0 fully saturated rings. The van der Waals surface area contributed by atoms with E-state index < -0.39 is 10.7 Å². The summed E-state index contributed by atoms with van der Waals surface area (Å²) in [5.41, 5.74) is 2.33. The molecule has 0 saturated heterocycles. The predicted molar refractivity (Wildman–Crippen MR) is 122 cm³/mol. The average molecular weight is 444 g/mol. The third-order valence-corrected chi connectivity index (χ3v) is 8.04. The number of hydrogen-bond donors (Lipinski definition) is 3. The molecule has 1 aromatic carbocycles. The maximum atomic E-state index is 13.3. The van der Waals surface area contributed by atoms with Gasteiger partial charge in [0, 0.05) is 16.3 Å². The van der Waals surface area contributed by atoms with E-state index in [1.807, 2.05) is 31.2 Å². The zero-order valence-corrected chi connectivity index (χ0v) is 18.7. The molecule has 1 aliphatic heterocycles. The van der Waals surface area contributed by atoms with Crippen LogP contribution in [0.3, 0.4) is 0 Å². The Kier molecular flexibility index (Phi) is 5.88. The number of para-hydroxylation sites is 1. The van der Waals surface area contributed by atoms with E-state index in [2.05, 4.69) is 16.0 Å². The molecule has 6 nitrogen and oxygen atoms in total. The van der Waals surface area contributed by atoms with Crippen molar-refractivity contribution in [2.24, 2.45) is 0 Å². The largest absolute Gasteiger partial charge is 0.352 e. The molecule has 30 heavy (non-hydrogen) atoms. The highest BCUT2D eigenvalue weighted by molar-refractivity contribution is 8.02. The molecule has 3 N–H and O–H groups in total. The van der Waals surface area contributed by atoms with Gasteiger partial charge in [-0.2, -0.15) is 0 Å². The number of aryl methyl sites for hydroxylation is 1. The number of carbonyl (C=O) groups excluding carboxylic acids is 3. The van der Waals surface area contributed by atoms with E-state index >= 15 is 0 Å². The zero-order valence-electron chi connectivity index (χ0n) is 17.1. The van der Waals surface area contributed by atoms with Gasteiger partial charge in [0.15, 0.2) is 4.75 Å². The highest BCUT2D eigenvalue weighted by Gasteiger charge is 2.46.